The van der Waals surface area contributed by atoms with Crippen molar-refractivity contribution >= 4 is 57.8 Å². The SMILES string of the molecule is CC1CCN(c2ccc(NC(=S)NC(=O)c3cccc(Cl)c3)cc2Cl)CC1. The molecule has 1 heterocycles. The fourth-order valence-corrected chi connectivity index (χ4v) is 3.76. The molecular formula is C20H21Cl2N3OS. The third kappa shape index (κ3) is 5.34. The average Bonchev–Trinajstić information content (AvgIpc) is 2.63. The van der Waals surface area contributed by atoms with Gasteiger partial charge in [0.25, 0.3) is 5.91 Å². The van der Waals surface area contributed by atoms with Crippen LogP contribution in [-0.2, 0) is 0 Å². The number of thiocarbonyl (C=S) groups is 1. The Kier molecular flexibility index (Phi) is 6.58. The van der Waals surface area contributed by atoms with Gasteiger partial charge in [0.1, 0.15) is 0 Å². The lowest BCUT2D eigenvalue weighted by molar-refractivity contribution is 0.0977. The van der Waals surface area contributed by atoms with Gasteiger partial charge in [0.15, 0.2) is 5.11 Å². The summed E-state index contributed by atoms with van der Waals surface area (Å²) < 4.78 is 0. The van der Waals surface area contributed by atoms with E-state index in [0.717, 1.165) is 30.4 Å². The molecule has 1 amide bonds. The predicted octanol–water partition coefficient (Wildman–Crippen LogP) is 5.36. The van der Waals surface area contributed by atoms with Gasteiger partial charge in [-0.05, 0) is 67.4 Å². The second-order valence-electron chi connectivity index (χ2n) is 6.75. The lowest BCUT2D eigenvalue weighted by Crippen LogP contribution is -2.34. The number of rotatable bonds is 3. The van der Waals surface area contributed by atoms with Crippen molar-refractivity contribution in [3.63, 3.8) is 0 Å². The number of hydrogen-bond donors (Lipinski definition) is 2. The van der Waals surface area contributed by atoms with Crippen LogP contribution in [0.4, 0.5) is 11.4 Å². The second-order valence-corrected chi connectivity index (χ2v) is 8.01. The highest BCUT2D eigenvalue weighted by molar-refractivity contribution is 7.80. The molecule has 1 aliphatic heterocycles. The molecule has 0 aliphatic carbocycles. The number of amides is 1. The number of benzene rings is 2. The number of carbonyl (C=O) groups excluding carboxylic acids is 1. The van der Waals surface area contributed by atoms with E-state index in [2.05, 4.69) is 22.5 Å². The quantitative estimate of drug-likeness (QED) is 0.654. The highest BCUT2D eigenvalue weighted by atomic mass is 35.5. The summed E-state index contributed by atoms with van der Waals surface area (Å²) in [4.78, 5) is 14.5. The molecule has 0 aromatic heterocycles. The molecule has 2 aromatic carbocycles. The summed E-state index contributed by atoms with van der Waals surface area (Å²) in [5.74, 6) is 0.446. The van der Waals surface area contributed by atoms with Crippen molar-refractivity contribution in [3.05, 3.63) is 58.1 Å². The molecule has 0 atom stereocenters. The number of hydrogen-bond acceptors (Lipinski definition) is 3. The van der Waals surface area contributed by atoms with Crippen LogP contribution in [0.15, 0.2) is 42.5 Å². The Labute approximate surface area is 174 Å². The predicted molar refractivity (Wildman–Crippen MR) is 117 cm³/mol. The fourth-order valence-electron chi connectivity index (χ4n) is 3.06. The Morgan fingerprint density at radius 1 is 1.15 bits per heavy atom. The largest absolute Gasteiger partial charge is 0.370 e. The Hall–Kier alpha value is -1.82. The summed E-state index contributed by atoms with van der Waals surface area (Å²) in [6.07, 6.45) is 2.35. The van der Waals surface area contributed by atoms with Crippen molar-refractivity contribution in [1.29, 1.82) is 0 Å². The molecule has 2 N–H and O–H groups in total. The second kappa shape index (κ2) is 8.91. The first-order chi connectivity index (χ1) is 12.9. The van der Waals surface area contributed by atoms with Crippen LogP contribution in [0.3, 0.4) is 0 Å². The normalized spacial score (nSPS) is 14.7. The van der Waals surface area contributed by atoms with Crippen molar-refractivity contribution < 1.29 is 4.79 Å². The highest BCUT2D eigenvalue weighted by Gasteiger charge is 2.18. The first-order valence-corrected chi connectivity index (χ1v) is 10.0. The van der Waals surface area contributed by atoms with Crippen molar-refractivity contribution in [3.8, 4) is 0 Å². The minimum Gasteiger partial charge on any atom is -0.370 e. The third-order valence-electron chi connectivity index (χ3n) is 4.64. The zero-order chi connectivity index (χ0) is 19.4. The number of piperidine rings is 1. The van der Waals surface area contributed by atoms with Gasteiger partial charge in [-0.1, -0.05) is 36.2 Å². The summed E-state index contributed by atoms with van der Waals surface area (Å²) in [5.41, 5.74) is 2.20. The van der Waals surface area contributed by atoms with Gasteiger partial charge in [-0.25, -0.2) is 0 Å². The minimum absolute atomic E-state index is 0.204. The van der Waals surface area contributed by atoms with Gasteiger partial charge in [-0.2, -0.15) is 0 Å². The number of nitrogens with one attached hydrogen (secondary N) is 2. The zero-order valence-corrected chi connectivity index (χ0v) is 17.3. The maximum absolute atomic E-state index is 12.2. The van der Waals surface area contributed by atoms with Gasteiger partial charge >= 0.3 is 0 Å². The van der Waals surface area contributed by atoms with Crippen molar-refractivity contribution in [1.82, 2.24) is 5.32 Å². The standard InChI is InChI=1S/C20H21Cl2N3OS/c1-13-7-9-25(10-8-13)18-6-5-16(12-17(18)22)23-20(27)24-19(26)14-3-2-4-15(21)11-14/h2-6,11-13H,7-10H2,1H3,(H2,23,24,26,27). The van der Waals surface area contributed by atoms with Crippen LogP contribution in [-0.4, -0.2) is 24.1 Å². The number of halogens is 2. The van der Waals surface area contributed by atoms with Gasteiger partial charge in [0.2, 0.25) is 0 Å². The van der Waals surface area contributed by atoms with E-state index >= 15 is 0 Å². The van der Waals surface area contributed by atoms with Crippen LogP contribution in [0, 0.1) is 5.92 Å². The van der Waals surface area contributed by atoms with Crippen molar-refractivity contribution in [2.45, 2.75) is 19.8 Å². The van der Waals surface area contributed by atoms with E-state index in [1.807, 2.05) is 18.2 Å². The van der Waals surface area contributed by atoms with Gasteiger partial charge in [0, 0.05) is 29.4 Å². The maximum atomic E-state index is 12.2. The molecule has 2 aromatic rings. The molecule has 1 fully saturated rings. The first-order valence-electron chi connectivity index (χ1n) is 8.85. The first kappa shape index (κ1) is 19.9. The summed E-state index contributed by atoms with van der Waals surface area (Å²) in [5, 5.41) is 7.01. The Morgan fingerprint density at radius 3 is 2.56 bits per heavy atom. The molecule has 4 nitrogen and oxygen atoms in total. The summed E-state index contributed by atoms with van der Waals surface area (Å²) in [6, 6.07) is 12.4. The number of anilines is 2. The van der Waals surface area contributed by atoms with E-state index in [1.165, 1.54) is 12.8 Å². The molecule has 0 unspecified atom stereocenters. The molecule has 142 valence electrons. The zero-order valence-electron chi connectivity index (χ0n) is 15.0. The monoisotopic (exact) mass is 421 g/mol. The molecule has 0 spiro atoms. The summed E-state index contributed by atoms with van der Waals surface area (Å²) >= 11 is 17.6. The van der Waals surface area contributed by atoms with Crippen molar-refractivity contribution in [2.75, 3.05) is 23.3 Å². The molecule has 0 bridgehead atoms. The number of carbonyl (C=O) groups is 1. The molecule has 1 saturated heterocycles. The summed E-state index contributed by atoms with van der Waals surface area (Å²) in [6.45, 7) is 4.31. The Balaban J connectivity index is 1.61. The van der Waals surface area contributed by atoms with E-state index in [4.69, 9.17) is 35.4 Å². The topological polar surface area (TPSA) is 44.4 Å². The number of nitrogens with zero attached hydrogens (tertiary/aromatic N) is 1. The van der Waals surface area contributed by atoms with E-state index in [-0.39, 0.29) is 11.0 Å². The van der Waals surface area contributed by atoms with Crippen LogP contribution >= 0.6 is 35.4 Å². The van der Waals surface area contributed by atoms with Gasteiger partial charge < -0.3 is 10.2 Å². The third-order valence-corrected chi connectivity index (χ3v) is 5.39. The fraction of sp³-hybridized carbons (Fsp3) is 0.300. The van der Waals surface area contributed by atoms with Crippen LogP contribution < -0.4 is 15.5 Å². The smallest absolute Gasteiger partial charge is 0.257 e. The van der Waals surface area contributed by atoms with Gasteiger partial charge in [0.05, 0.1) is 10.7 Å². The lowest BCUT2D eigenvalue weighted by atomic mass is 9.99. The molecule has 27 heavy (non-hydrogen) atoms. The molecule has 1 aliphatic rings. The van der Waals surface area contributed by atoms with E-state index in [1.54, 1.807) is 24.3 Å². The van der Waals surface area contributed by atoms with Crippen LogP contribution in [0.1, 0.15) is 30.1 Å². The minimum atomic E-state index is -0.319. The van der Waals surface area contributed by atoms with Crippen LogP contribution in [0.25, 0.3) is 0 Å². The van der Waals surface area contributed by atoms with E-state index < -0.39 is 0 Å². The Morgan fingerprint density at radius 2 is 1.89 bits per heavy atom. The van der Waals surface area contributed by atoms with Crippen molar-refractivity contribution in [2.24, 2.45) is 5.92 Å². The van der Waals surface area contributed by atoms with E-state index in [9.17, 15) is 4.79 Å². The highest BCUT2D eigenvalue weighted by Crippen LogP contribution is 2.31. The lowest BCUT2D eigenvalue weighted by Gasteiger charge is -2.32. The van der Waals surface area contributed by atoms with Gasteiger partial charge in [-0.3, -0.25) is 10.1 Å². The average molecular weight is 422 g/mol. The Bertz CT molecular complexity index is 851. The molecule has 0 radical (unpaired) electrons. The molecule has 7 heteroatoms. The van der Waals surface area contributed by atoms with E-state index in [0.29, 0.717) is 15.6 Å². The molecule has 0 saturated carbocycles. The van der Waals surface area contributed by atoms with Crippen LogP contribution in [0.5, 0.6) is 0 Å². The molecular weight excluding hydrogens is 401 g/mol. The van der Waals surface area contributed by atoms with Crippen LogP contribution in [0.2, 0.25) is 10.0 Å². The summed E-state index contributed by atoms with van der Waals surface area (Å²) in [7, 11) is 0. The van der Waals surface area contributed by atoms with Gasteiger partial charge in [-0.15, -0.1) is 0 Å². The molecule has 3 rings (SSSR count). The maximum Gasteiger partial charge on any atom is 0.257 e.